The first-order chi connectivity index (χ1) is 8.10. The molecule has 0 saturated carbocycles. The van der Waals surface area contributed by atoms with Crippen LogP contribution < -0.4 is 10.6 Å². The summed E-state index contributed by atoms with van der Waals surface area (Å²) in [5, 5.41) is 10.7. The molecule has 0 aliphatic carbocycles. The Kier molecular flexibility index (Phi) is 4.75. The third kappa shape index (κ3) is 3.34. The molecule has 5 nitrogen and oxygen atoms in total. The highest BCUT2D eigenvalue weighted by Crippen LogP contribution is 2.27. The SMILES string of the molecule is CCCN(CCC)c1ccc([N+](=O)[O-])c(N)c1. The fraction of sp³-hybridized carbons (Fsp3) is 0.500. The summed E-state index contributed by atoms with van der Waals surface area (Å²) in [6.45, 7) is 6.09. The van der Waals surface area contributed by atoms with E-state index in [4.69, 9.17) is 5.73 Å². The Balaban J connectivity index is 2.97. The van der Waals surface area contributed by atoms with Crippen molar-refractivity contribution in [1.82, 2.24) is 0 Å². The lowest BCUT2D eigenvalue weighted by molar-refractivity contribution is -0.383. The predicted molar refractivity (Wildman–Crippen MR) is 70.3 cm³/mol. The Hall–Kier alpha value is -1.78. The highest BCUT2D eigenvalue weighted by molar-refractivity contribution is 5.66. The van der Waals surface area contributed by atoms with Gasteiger partial charge in [-0.3, -0.25) is 10.1 Å². The van der Waals surface area contributed by atoms with E-state index >= 15 is 0 Å². The zero-order valence-corrected chi connectivity index (χ0v) is 10.3. The molecule has 0 spiro atoms. The van der Waals surface area contributed by atoms with Gasteiger partial charge in [-0.15, -0.1) is 0 Å². The van der Waals surface area contributed by atoms with E-state index in [-0.39, 0.29) is 11.4 Å². The van der Waals surface area contributed by atoms with Crippen molar-refractivity contribution >= 4 is 17.1 Å². The smallest absolute Gasteiger partial charge is 0.292 e. The summed E-state index contributed by atoms with van der Waals surface area (Å²) in [5.41, 5.74) is 6.84. The largest absolute Gasteiger partial charge is 0.393 e. The van der Waals surface area contributed by atoms with Gasteiger partial charge in [-0.2, -0.15) is 0 Å². The third-order valence-electron chi connectivity index (χ3n) is 2.56. The fourth-order valence-electron chi connectivity index (χ4n) is 1.81. The van der Waals surface area contributed by atoms with Crippen LogP contribution in [0.5, 0.6) is 0 Å². The van der Waals surface area contributed by atoms with E-state index in [2.05, 4.69) is 18.7 Å². The lowest BCUT2D eigenvalue weighted by atomic mass is 10.2. The number of hydrogen-bond donors (Lipinski definition) is 1. The summed E-state index contributed by atoms with van der Waals surface area (Å²) < 4.78 is 0. The van der Waals surface area contributed by atoms with Crippen LogP contribution in [0.15, 0.2) is 18.2 Å². The third-order valence-corrected chi connectivity index (χ3v) is 2.56. The van der Waals surface area contributed by atoms with E-state index in [1.807, 2.05) is 0 Å². The number of anilines is 2. The van der Waals surface area contributed by atoms with Gasteiger partial charge in [0.2, 0.25) is 0 Å². The Morgan fingerprint density at radius 2 is 1.88 bits per heavy atom. The van der Waals surface area contributed by atoms with Gasteiger partial charge in [0.1, 0.15) is 5.69 Å². The summed E-state index contributed by atoms with van der Waals surface area (Å²) in [6.07, 6.45) is 2.08. The maximum absolute atomic E-state index is 10.7. The van der Waals surface area contributed by atoms with Gasteiger partial charge >= 0.3 is 0 Å². The molecule has 0 bridgehead atoms. The van der Waals surface area contributed by atoms with Crippen LogP contribution in [0.2, 0.25) is 0 Å². The molecule has 1 rings (SSSR count). The average molecular weight is 237 g/mol. The van der Waals surface area contributed by atoms with Crippen molar-refractivity contribution in [3.63, 3.8) is 0 Å². The van der Waals surface area contributed by atoms with Gasteiger partial charge in [0.15, 0.2) is 0 Å². The summed E-state index contributed by atoms with van der Waals surface area (Å²) in [4.78, 5) is 12.4. The molecule has 0 fully saturated rings. The summed E-state index contributed by atoms with van der Waals surface area (Å²) in [5.74, 6) is 0. The van der Waals surface area contributed by atoms with Crippen molar-refractivity contribution in [1.29, 1.82) is 0 Å². The van der Waals surface area contributed by atoms with Gasteiger partial charge < -0.3 is 10.6 Å². The molecule has 2 N–H and O–H groups in total. The van der Waals surface area contributed by atoms with E-state index in [1.165, 1.54) is 6.07 Å². The lowest BCUT2D eigenvalue weighted by Crippen LogP contribution is -2.24. The highest BCUT2D eigenvalue weighted by atomic mass is 16.6. The van der Waals surface area contributed by atoms with Crippen molar-refractivity contribution in [3.8, 4) is 0 Å². The molecular weight excluding hydrogens is 218 g/mol. The van der Waals surface area contributed by atoms with Crippen LogP contribution in [0.3, 0.4) is 0 Å². The van der Waals surface area contributed by atoms with Crippen LogP contribution in [-0.2, 0) is 0 Å². The van der Waals surface area contributed by atoms with Crippen LogP contribution in [0.25, 0.3) is 0 Å². The van der Waals surface area contributed by atoms with Crippen molar-refractivity contribution in [2.45, 2.75) is 26.7 Å². The number of nitrogen functional groups attached to an aromatic ring is 1. The molecule has 0 saturated heterocycles. The summed E-state index contributed by atoms with van der Waals surface area (Å²) in [7, 11) is 0. The maximum atomic E-state index is 10.7. The predicted octanol–water partition coefficient (Wildman–Crippen LogP) is 2.80. The number of rotatable bonds is 6. The first-order valence-electron chi connectivity index (χ1n) is 5.89. The molecular formula is C12H19N3O2. The molecule has 5 heteroatoms. The number of benzene rings is 1. The van der Waals surface area contributed by atoms with E-state index in [0.717, 1.165) is 31.6 Å². The van der Waals surface area contributed by atoms with Crippen molar-refractivity contribution in [2.24, 2.45) is 0 Å². The van der Waals surface area contributed by atoms with E-state index in [0.29, 0.717) is 0 Å². The molecule has 0 aliphatic rings. The molecule has 0 heterocycles. The van der Waals surface area contributed by atoms with Crippen LogP contribution in [0.1, 0.15) is 26.7 Å². The number of nitro benzene ring substituents is 1. The zero-order valence-electron chi connectivity index (χ0n) is 10.3. The van der Waals surface area contributed by atoms with Crippen molar-refractivity contribution in [2.75, 3.05) is 23.7 Å². The van der Waals surface area contributed by atoms with Gasteiger partial charge in [0.05, 0.1) is 4.92 Å². The summed E-state index contributed by atoms with van der Waals surface area (Å²) in [6, 6.07) is 4.92. The zero-order chi connectivity index (χ0) is 12.8. The molecule has 0 aromatic heterocycles. The second kappa shape index (κ2) is 6.08. The van der Waals surface area contributed by atoms with Crippen LogP contribution in [-0.4, -0.2) is 18.0 Å². The monoisotopic (exact) mass is 237 g/mol. The minimum atomic E-state index is -0.455. The number of nitrogens with zero attached hydrogens (tertiary/aromatic N) is 2. The minimum absolute atomic E-state index is 0.0262. The molecule has 0 radical (unpaired) electrons. The topological polar surface area (TPSA) is 72.4 Å². The number of hydrogen-bond acceptors (Lipinski definition) is 4. The maximum Gasteiger partial charge on any atom is 0.292 e. The Morgan fingerprint density at radius 1 is 1.29 bits per heavy atom. The molecule has 0 aliphatic heterocycles. The number of nitro groups is 1. The molecule has 17 heavy (non-hydrogen) atoms. The van der Waals surface area contributed by atoms with E-state index in [9.17, 15) is 10.1 Å². The molecule has 1 aromatic carbocycles. The van der Waals surface area contributed by atoms with Crippen LogP contribution in [0, 0.1) is 10.1 Å². The molecule has 0 atom stereocenters. The second-order valence-corrected chi connectivity index (χ2v) is 3.99. The average Bonchev–Trinajstić information content (AvgIpc) is 2.28. The first-order valence-corrected chi connectivity index (χ1v) is 5.89. The Bertz CT molecular complexity index is 387. The van der Waals surface area contributed by atoms with Gasteiger partial charge in [-0.1, -0.05) is 13.8 Å². The van der Waals surface area contributed by atoms with E-state index in [1.54, 1.807) is 12.1 Å². The van der Waals surface area contributed by atoms with Crippen molar-refractivity contribution in [3.05, 3.63) is 28.3 Å². The van der Waals surface area contributed by atoms with Crippen LogP contribution in [0.4, 0.5) is 17.1 Å². The highest BCUT2D eigenvalue weighted by Gasteiger charge is 2.13. The number of nitrogens with two attached hydrogens (primary N) is 1. The van der Waals surface area contributed by atoms with Gasteiger partial charge in [-0.25, -0.2) is 0 Å². The lowest BCUT2D eigenvalue weighted by Gasteiger charge is -2.23. The Labute approximate surface area is 101 Å². The second-order valence-electron chi connectivity index (χ2n) is 3.99. The van der Waals surface area contributed by atoms with Gasteiger partial charge in [-0.05, 0) is 25.0 Å². The van der Waals surface area contributed by atoms with Crippen LogP contribution >= 0.6 is 0 Å². The van der Waals surface area contributed by atoms with Gasteiger partial charge in [0, 0.05) is 24.8 Å². The molecule has 0 unspecified atom stereocenters. The molecule has 94 valence electrons. The minimum Gasteiger partial charge on any atom is -0.393 e. The quantitative estimate of drug-likeness (QED) is 0.469. The molecule has 1 aromatic rings. The Morgan fingerprint density at radius 3 is 2.29 bits per heavy atom. The van der Waals surface area contributed by atoms with E-state index < -0.39 is 4.92 Å². The van der Waals surface area contributed by atoms with Gasteiger partial charge in [0.25, 0.3) is 5.69 Å². The normalized spacial score (nSPS) is 10.2. The van der Waals surface area contributed by atoms with Crippen molar-refractivity contribution < 1.29 is 4.92 Å². The summed E-state index contributed by atoms with van der Waals surface area (Å²) >= 11 is 0. The standard InChI is InChI=1S/C12H19N3O2/c1-3-7-14(8-4-2)10-5-6-12(15(16)17)11(13)9-10/h5-6,9H,3-4,7-8,13H2,1-2H3. The first kappa shape index (κ1) is 13.3. The molecule has 0 amide bonds. The fourth-order valence-corrected chi connectivity index (χ4v) is 1.81.